The Bertz CT molecular complexity index is 491. The van der Waals surface area contributed by atoms with Crippen molar-refractivity contribution in [3.05, 3.63) is 23.5 Å². The Morgan fingerprint density at radius 1 is 1.37 bits per heavy atom. The zero-order chi connectivity index (χ0) is 14.3. The molecule has 4 nitrogen and oxygen atoms in total. The van der Waals surface area contributed by atoms with Crippen molar-refractivity contribution in [2.45, 2.75) is 56.9 Å². The lowest BCUT2D eigenvalue weighted by molar-refractivity contribution is 0.522. The van der Waals surface area contributed by atoms with E-state index in [2.05, 4.69) is 16.6 Å². The van der Waals surface area contributed by atoms with Crippen LogP contribution >= 0.6 is 11.6 Å². The van der Waals surface area contributed by atoms with Crippen LogP contribution in [0.15, 0.2) is 23.2 Å². The van der Waals surface area contributed by atoms with Crippen LogP contribution in [0.4, 0.5) is 0 Å². The van der Waals surface area contributed by atoms with E-state index in [0.717, 1.165) is 19.3 Å². The molecule has 0 aromatic carbocycles. The number of nitrogens with zero attached hydrogens (tertiary/aromatic N) is 1. The average molecular weight is 305 g/mol. The van der Waals surface area contributed by atoms with Crippen molar-refractivity contribution in [1.29, 1.82) is 0 Å². The molecule has 108 valence electrons. The number of sulfonamides is 1. The Labute approximate surface area is 120 Å². The van der Waals surface area contributed by atoms with Crippen LogP contribution in [0.5, 0.6) is 0 Å². The third kappa shape index (κ3) is 5.89. The molecule has 1 unspecified atom stereocenters. The highest BCUT2D eigenvalue weighted by Gasteiger charge is 2.17. The second-order valence-corrected chi connectivity index (χ2v) is 6.79. The van der Waals surface area contributed by atoms with E-state index in [0.29, 0.717) is 0 Å². The highest BCUT2D eigenvalue weighted by atomic mass is 35.5. The van der Waals surface area contributed by atoms with Gasteiger partial charge in [-0.05, 0) is 25.5 Å². The zero-order valence-electron chi connectivity index (χ0n) is 11.4. The minimum atomic E-state index is -3.50. The van der Waals surface area contributed by atoms with Gasteiger partial charge in [-0.3, -0.25) is 0 Å². The molecule has 1 aromatic rings. The van der Waals surface area contributed by atoms with Gasteiger partial charge in [0.25, 0.3) is 0 Å². The molecule has 0 fully saturated rings. The lowest BCUT2D eigenvalue weighted by atomic mass is 10.1. The van der Waals surface area contributed by atoms with E-state index in [4.69, 9.17) is 11.6 Å². The molecule has 0 saturated heterocycles. The minimum absolute atomic E-state index is 0.0752. The van der Waals surface area contributed by atoms with Gasteiger partial charge < -0.3 is 0 Å². The van der Waals surface area contributed by atoms with E-state index in [1.165, 1.54) is 31.2 Å². The molecule has 0 saturated carbocycles. The number of rotatable bonds is 8. The van der Waals surface area contributed by atoms with Gasteiger partial charge in [0.2, 0.25) is 10.0 Å². The Hall–Kier alpha value is -0.650. The first kappa shape index (κ1) is 16.4. The largest absolute Gasteiger partial charge is 0.244 e. The Kier molecular flexibility index (Phi) is 6.75. The van der Waals surface area contributed by atoms with E-state index in [1.807, 2.05) is 6.92 Å². The summed E-state index contributed by atoms with van der Waals surface area (Å²) in [4.78, 5) is 3.94. The topological polar surface area (TPSA) is 59.1 Å². The van der Waals surface area contributed by atoms with Gasteiger partial charge >= 0.3 is 0 Å². The number of hydrogen-bond acceptors (Lipinski definition) is 3. The predicted octanol–water partition coefficient (Wildman–Crippen LogP) is 3.37. The summed E-state index contributed by atoms with van der Waals surface area (Å²) in [5, 5.41) is 0.179. The van der Waals surface area contributed by atoms with E-state index in [1.54, 1.807) is 0 Å². The van der Waals surface area contributed by atoms with E-state index >= 15 is 0 Å². The molecule has 0 aliphatic rings. The summed E-state index contributed by atoms with van der Waals surface area (Å²) >= 11 is 5.70. The third-order valence-electron chi connectivity index (χ3n) is 2.86. The van der Waals surface area contributed by atoms with Crippen LogP contribution in [-0.4, -0.2) is 19.4 Å². The van der Waals surface area contributed by atoms with Gasteiger partial charge in [-0.1, -0.05) is 44.2 Å². The number of aromatic nitrogens is 1. The van der Waals surface area contributed by atoms with Crippen molar-refractivity contribution in [2.75, 3.05) is 0 Å². The van der Waals surface area contributed by atoms with Crippen LogP contribution in [0, 0.1) is 0 Å². The van der Waals surface area contributed by atoms with Crippen molar-refractivity contribution < 1.29 is 8.42 Å². The van der Waals surface area contributed by atoms with E-state index < -0.39 is 10.0 Å². The number of nitrogens with one attached hydrogen (secondary N) is 1. The molecule has 1 rings (SSSR count). The Balaban J connectivity index is 2.55. The standard InChI is InChI=1S/C13H21ClN2O2S/c1-3-4-5-6-7-11(2)16-19(17,18)12-8-9-15-13(14)10-12/h8-11,16H,3-7H2,1-2H3. The SMILES string of the molecule is CCCCCCC(C)NS(=O)(=O)c1ccnc(Cl)c1. The lowest BCUT2D eigenvalue weighted by Crippen LogP contribution is -2.32. The second kappa shape index (κ2) is 7.82. The van der Waals surface area contributed by atoms with Gasteiger partial charge in [0.15, 0.2) is 0 Å². The minimum Gasteiger partial charge on any atom is -0.244 e. The summed E-state index contributed by atoms with van der Waals surface area (Å²) in [5.74, 6) is 0. The fourth-order valence-electron chi connectivity index (χ4n) is 1.82. The Morgan fingerprint density at radius 3 is 2.74 bits per heavy atom. The van der Waals surface area contributed by atoms with Crippen LogP contribution in [0.2, 0.25) is 5.15 Å². The van der Waals surface area contributed by atoms with Gasteiger partial charge in [-0.15, -0.1) is 0 Å². The maximum absolute atomic E-state index is 12.1. The quantitative estimate of drug-likeness (QED) is 0.591. The summed E-state index contributed by atoms with van der Waals surface area (Å²) in [6.45, 7) is 4.03. The fraction of sp³-hybridized carbons (Fsp3) is 0.615. The summed E-state index contributed by atoms with van der Waals surface area (Å²) in [5.41, 5.74) is 0. The summed E-state index contributed by atoms with van der Waals surface area (Å²) in [7, 11) is -3.50. The summed E-state index contributed by atoms with van der Waals surface area (Å²) in [6, 6.07) is 2.72. The van der Waals surface area contributed by atoms with Crippen LogP contribution in [0.25, 0.3) is 0 Å². The molecule has 19 heavy (non-hydrogen) atoms. The average Bonchev–Trinajstić information content (AvgIpc) is 2.34. The molecule has 0 aliphatic carbocycles. The molecule has 1 atom stereocenters. The first-order valence-electron chi connectivity index (χ1n) is 6.59. The highest BCUT2D eigenvalue weighted by Crippen LogP contribution is 2.14. The summed E-state index contributed by atoms with van der Waals surface area (Å²) in [6.07, 6.45) is 6.79. The number of unbranched alkanes of at least 4 members (excludes halogenated alkanes) is 3. The van der Waals surface area contributed by atoms with Gasteiger partial charge in [-0.25, -0.2) is 18.1 Å². The molecule has 0 spiro atoms. The first-order chi connectivity index (χ1) is 8.95. The van der Waals surface area contributed by atoms with Crippen molar-refractivity contribution in [3.8, 4) is 0 Å². The molecule has 6 heteroatoms. The maximum Gasteiger partial charge on any atom is 0.240 e. The monoisotopic (exact) mass is 304 g/mol. The molecule has 1 aromatic heterocycles. The molecule has 1 heterocycles. The van der Waals surface area contributed by atoms with Gasteiger partial charge in [0, 0.05) is 12.2 Å². The highest BCUT2D eigenvalue weighted by molar-refractivity contribution is 7.89. The van der Waals surface area contributed by atoms with E-state index in [-0.39, 0.29) is 16.1 Å². The lowest BCUT2D eigenvalue weighted by Gasteiger charge is -2.14. The van der Waals surface area contributed by atoms with Gasteiger partial charge in [0.05, 0.1) is 4.90 Å². The first-order valence-corrected chi connectivity index (χ1v) is 8.45. The van der Waals surface area contributed by atoms with Crippen molar-refractivity contribution in [1.82, 2.24) is 9.71 Å². The molecule has 0 aliphatic heterocycles. The second-order valence-electron chi connectivity index (χ2n) is 4.69. The number of halogens is 1. The smallest absolute Gasteiger partial charge is 0.240 e. The third-order valence-corrected chi connectivity index (χ3v) is 4.65. The zero-order valence-corrected chi connectivity index (χ0v) is 13.0. The van der Waals surface area contributed by atoms with E-state index in [9.17, 15) is 8.42 Å². The van der Waals surface area contributed by atoms with Crippen molar-refractivity contribution in [3.63, 3.8) is 0 Å². The normalized spacial score (nSPS) is 13.4. The molecule has 1 N–H and O–H groups in total. The molecule has 0 radical (unpaired) electrons. The molecular formula is C13H21ClN2O2S. The number of hydrogen-bond donors (Lipinski definition) is 1. The number of pyridine rings is 1. The Morgan fingerprint density at radius 2 is 2.11 bits per heavy atom. The molecular weight excluding hydrogens is 284 g/mol. The van der Waals surface area contributed by atoms with Crippen molar-refractivity contribution >= 4 is 21.6 Å². The van der Waals surface area contributed by atoms with Crippen LogP contribution < -0.4 is 4.72 Å². The molecule has 0 bridgehead atoms. The van der Waals surface area contributed by atoms with Crippen LogP contribution in [0.3, 0.4) is 0 Å². The van der Waals surface area contributed by atoms with Crippen LogP contribution in [-0.2, 0) is 10.0 Å². The fourth-order valence-corrected chi connectivity index (χ4v) is 3.35. The summed E-state index contributed by atoms with van der Waals surface area (Å²) < 4.78 is 26.8. The predicted molar refractivity (Wildman–Crippen MR) is 77.8 cm³/mol. The van der Waals surface area contributed by atoms with Gasteiger partial charge in [0.1, 0.15) is 5.15 Å². The maximum atomic E-state index is 12.1. The van der Waals surface area contributed by atoms with Gasteiger partial charge in [-0.2, -0.15) is 0 Å². The van der Waals surface area contributed by atoms with Crippen LogP contribution in [0.1, 0.15) is 46.0 Å². The molecule has 0 amide bonds. The van der Waals surface area contributed by atoms with Crippen molar-refractivity contribution in [2.24, 2.45) is 0 Å².